The summed E-state index contributed by atoms with van der Waals surface area (Å²) in [5.41, 5.74) is 4.45. The van der Waals surface area contributed by atoms with Gasteiger partial charge in [-0.1, -0.05) is 43.7 Å². The molecule has 1 aliphatic heterocycles. The van der Waals surface area contributed by atoms with Gasteiger partial charge in [0, 0.05) is 0 Å². The van der Waals surface area contributed by atoms with Crippen molar-refractivity contribution in [1.82, 2.24) is 15.5 Å². The Morgan fingerprint density at radius 1 is 1.25 bits per heavy atom. The summed E-state index contributed by atoms with van der Waals surface area (Å²) >= 11 is 0. The fourth-order valence-corrected chi connectivity index (χ4v) is 2.76. The number of urea groups is 1. The van der Waals surface area contributed by atoms with Gasteiger partial charge in [0.15, 0.2) is 0 Å². The molecule has 1 saturated heterocycles. The molecule has 1 aliphatic rings. The number of carbonyl (C=O) groups excluding carboxylic acids is 4. The van der Waals surface area contributed by atoms with Crippen LogP contribution in [0, 0.1) is 0 Å². The molecule has 1 atom stereocenters. The first kappa shape index (κ1) is 17.5. The number of nitrogens with zero attached hydrogens (tertiary/aromatic N) is 1. The van der Waals surface area contributed by atoms with E-state index in [9.17, 15) is 19.2 Å². The van der Waals surface area contributed by atoms with E-state index >= 15 is 0 Å². The van der Waals surface area contributed by atoms with Crippen LogP contribution in [0.2, 0.25) is 0 Å². The molecule has 0 aromatic heterocycles. The molecule has 0 spiro atoms. The third kappa shape index (κ3) is 3.37. The smallest absolute Gasteiger partial charge is 0.325 e. The van der Waals surface area contributed by atoms with Crippen molar-refractivity contribution in [3.8, 4) is 0 Å². The molecule has 5 amide bonds. The quantitative estimate of drug-likeness (QED) is 0.600. The summed E-state index contributed by atoms with van der Waals surface area (Å²) in [7, 11) is 0. The fourth-order valence-electron chi connectivity index (χ4n) is 2.76. The molecule has 0 aliphatic carbocycles. The van der Waals surface area contributed by atoms with Crippen LogP contribution in [-0.4, -0.2) is 41.7 Å². The zero-order chi connectivity index (χ0) is 17.7. The van der Waals surface area contributed by atoms with Crippen LogP contribution in [0.15, 0.2) is 30.3 Å². The van der Waals surface area contributed by atoms with Gasteiger partial charge in [0.1, 0.15) is 12.1 Å². The van der Waals surface area contributed by atoms with E-state index in [2.05, 4.69) is 10.6 Å². The topological polar surface area (TPSA) is 122 Å². The number of benzene rings is 1. The number of rotatable bonds is 7. The third-order valence-electron chi connectivity index (χ3n) is 3.83. The predicted octanol–water partition coefficient (Wildman–Crippen LogP) is -0.165. The lowest BCUT2D eigenvalue weighted by Gasteiger charge is -2.26. The lowest BCUT2D eigenvalue weighted by atomic mass is 9.85. The van der Waals surface area contributed by atoms with Crippen LogP contribution in [0.25, 0.3) is 0 Å². The Morgan fingerprint density at radius 2 is 1.92 bits per heavy atom. The molecule has 1 heterocycles. The highest BCUT2D eigenvalue weighted by molar-refractivity contribution is 6.09. The predicted molar refractivity (Wildman–Crippen MR) is 85.5 cm³/mol. The minimum Gasteiger partial charge on any atom is -0.368 e. The Hall–Kier alpha value is -2.90. The standard InChI is InChI=1S/C16H20N4O4/c1-2-8-16(11-6-4-3-5-7-11)14(23)20(15(24)19-16)10-13(22)18-9-12(17)21/h3-7H,2,8-10H2,1H3,(H2,17,21)(H,18,22)(H,19,24)/t16-/m1/s1. The van der Waals surface area contributed by atoms with E-state index in [1.54, 1.807) is 24.3 Å². The van der Waals surface area contributed by atoms with E-state index in [1.165, 1.54) is 0 Å². The van der Waals surface area contributed by atoms with Crippen molar-refractivity contribution in [2.24, 2.45) is 5.73 Å². The second-order valence-electron chi connectivity index (χ2n) is 5.59. The lowest BCUT2D eigenvalue weighted by Crippen LogP contribution is -2.45. The SMILES string of the molecule is CCC[C@]1(c2ccccc2)NC(=O)N(CC(=O)NCC(N)=O)C1=O. The summed E-state index contributed by atoms with van der Waals surface area (Å²) in [6.07, 6.45) is 1.09. The van der Waals surface area contributed by atoms with Gasteiger partial charge in [-0.25, -0.2) is 4.79 Å². The number of primary amides is 1. The molecule has 2 rings (SSSR count). The third-order valence-corrected chi connectivity index (χ3v) is 3.83. The Labute approximate surface area is 139 Å². The maximum Gasteiger partial charge on any atom is 0.325 e. The molecule has 8 heteroatoms. The molecule has 128 valence electrons. The second-order valence-corrected chi connectivity index (χ2v) is 5.59. The van der Waals surface area contributed by atoms with Crippen LogP contribution < -0.4 is 16.4 Å². The van der Waals surface area contributed by atoms with Crippen LogP contribution in [0.4, 0.5) is 4.79 Å². The second kappa shape index (κ2) is 7.12. The van der Waals surface area contributed by atoms with Crippen molar-refractivity contribution < 1.29 is 19.2 Å². The van der Waals surface area contributed by atoms with Gasteiger partial charge >= 0.3 is 6.03 Å². The van der Waals surface area contributed by atoms with Crippen LogP contribution in [-0.2, 0) is 19.9 Å². The van der Waals surface area contributed by atoms with E-state index in [4.69, 9.17) is 5.73 Å². The highest BCUT2D eigenvalue weighted by Gasteiger charge is 2.52. The van der Waals surface area contributed by atoms with Gasteiger partial charge in [-0.05, 0) is 12.0 Å². The summed E-state index contributed by atoms with van der Waals surface area (Å²) in [4.78, 5) is 48.5. The monoisotopic (exact) mass is 332 g/mol. The molecule has 1 fully saturated rings. The lowest BCUT2D eigenvalue weighted by molar-refractivity contribution is -0.135. The molecule has 24 heavy (non-hydrogen) atoms. The molecule has 4 N–H and O–H groups in total. The van der Waals surface area contributed by atoms with Crippen molar-refractivity contribution in [2.75, 3.05) is 13.1 Å². The Bertz CT molecular complexity index is 661. The first-order chi connectivity index (χ1) is 11.4. The van der Waals surface area contributed by atoms with Crippen molar-refractivity contribution in [2.45, 2.75) is 25.3 Å². The van der Waals surface area contributed by atoms with Gasteiger partial charge in [-0.15, -0.1) is 0 Å². The Kier molecular flexibility index (Phi) is 5.18. The van der Waals surface area contributed by atoms with E-state index in [1.807, 2.05) is 13.0 Å². The maximum atomic E-state index is 12.9. The largest absolute Gasteiger partial charge is 0.368 e. The summed E-state index contributed by atoms with van der Waals surface area (Å²) in [6.45, 7) is 1.10. The first-order valence-corrected chi connectivity index (χ1v) is 7.65. The summed E-state index contributed by atoms with van der Waals surface area (Å²) < 4.78 is 0. The molecule has 0 saturated carbocycles. The normalized spacial score (nSPS) is 20.0. The molecule has 1 aromatic carbocycles. The van der Waals surface area contributed by atoms with E-state index in [0.717, 1.165) is 4.90 Å². The van der Waals surface area contributed by atoms with Crippen LogP contribution in [0.5, 0.6) is 0 Å². The van der Waals surface area contributed by atoms with Crippen molar-refractivity contribution in [1.29, 1.82) is 0 Å². The average Bonchev–Trinajstić information content (AvgIpc) is 2.79. The molecule has 1 aromatic rings. The molecule has 8 nitrogen and oxygen atoms in total. The average molecular weight is 332 g/mol. The molecular weight excluding hydrogens is 312 g/mol. The molecule has 0 radical (unpaired) electrons. The zero-order valence-electron chi connectivity index (χ0n) is 13.4. The number of amides is 5. The summed E-state index contributed by atoms with van der Waals surface area (Å²) in [5.74, 6) is -1.81. The Balaban J connectivity index is 2.22. The highest BCUT2D eigenvalue weighted by Crippen LogP contribution is 2.33. The molecule has 0 bridgehead atoms. The number of hydrogen-bond donors (Lipinski definition) is 3. The highest BCUT2D eigenvalue weighted by atomic mass is 16.2. The summed E-state index contributed by atoms with van der Waals surface area (Å²) in [6, 6.07) is 8.29. The van der Waals surface area contributed by atoms with Crippen LogP contribution >= 0.6 is 0 Å². The van der Waals surface area contributed by atoms with Gasteiger partial charge in [-0.3, -0.25) is 19.3 Å². The maximum absolute atomic E-state index is 12.9. The number of hydrogen-bond acceptors (Lipinski definition) is 4. The number of carbonyl (C=O) groups is 4. The Morgan fingerprint density at radius 3 is 2.50 bits per heavy atom. The van der Waals surface area contributed by atoms with Crippen molar-refractivity contribution in [3.63, 3.8) is 0 Å². The first-order valence-electron chi connectivity index (χ1n) is 7.65. The van der Waals surface area contributed by atoms with E-state index < -0.39 is 35.8 Å². The van der Waals surface area contributed by atoms with Gasteiger partial charge in [0.2, 0.25) is 11.8 Å². The van der Waals surface area contributed by atoms with E-state index in [-0.39, 0.29) is 6.54 Å². The minimum absolute atomic E-state index is 0.346. The summed E-state index contributed by atoms with van der Waals surface area (Å²) in [5, 5.41) is 4.98. The molecule has 0 unspecified atom stereocenters. The van der Waals surface area contributed by atoms with Gasteiger partial charge < -0.3 is 16.4 Å². The van der Waals surface area contributed by atoms with Gasteiger partial charge in [0.05, 0.1) is 6.54 Å². The number of nitrogens with two attached hydrogens (primary N) is 1. The minimum atomic E-state index is -1.17. The van der Waals surface area contributed by atoms with Gasteiger partial charge in [-0.2, -0.15) is 0 Å². The van der Waals surface area contributed by atoms with Gasteiger partial charge in [0.25, 0.3) is 5.91 Å². The van der Waals surface area contributed by atoms with Crippen molar-refractivity contribution >= 4 is 23.8 Å². The molecular formula is C16H20N4O4. The zero-order valence-corrected chi connectivity index (χ0v) is 13.4. The fraction of sp³-hybridized carbons (Fsp3) is 0.375. The van der Waals surface area contributed by atoms with E-state index in [0.29, 0.717) is 18.4 Å². The number of imide groups is 1. The van der Waals surface area contributed by atoms with Crippen LogP contribution in [0.1, 0.15) is 25.3 Å². The number of nitrogens with one attached hydrogen (secondary N) is 2. The van der Waals surface area contributed by atoms with Crippen molar-refractivity contribution in [3.05, 3.63) is 35.9 Å². The van der Waals surface area contributed by atoms with Crippen LogP contribution in [0.3, 0.4) is 0 Å².